The van der Waals surface area contributed by atoms with E-state index in [1.54, 1.807) is 0 Å². The summed E-state index contributed by atoms with van der Waals surface area (Å²) >= 11 is 0. The third-order valence-electron chi connectivity index (χ3n) is 5.11. The lowest BCUT2D eigenvalue weighted by Gasteiger charge is -2.38. The average Bonchev–Trinajstić information content (AvgIpc) is 2.85. The van der Waals surface area contributed by atoms with Gasteiger partial charge >= 0.3 is 0 Å². The SMILES string of the molecule is CCN1CCC(CCC2(CC)CCCCN2)C1. The molecule has 2 unspecified atom stereocenters. The standard InChI is InChI=1S/C15H30N2/c1-3-15(9-5-6-11-16-15)10-7-14-8-12-17(4-2)13-14/h14,16H,3-13H2,1-2H3. The second-order valence-electron chi connectivity index (χ2n) is 6.10. The molecule has 2 rings (SSSR count). The van der Waals surface area contributed by atoms with E-state index in [1.165, 1.54) is 71.1 Å². The maximum atomic E-state index is 3.82. The van der Waals surface area contributed by atoms with E-state index in [1.807, 2.05) is 0 Å². The number of nitrogens with one attached hydrogen (secondary N) is 1. The zero-order valence-electron chi connectivity index (χ0n) is 11.8. The molecule has 2 fully saturated rings. The van der Waals surface area contributed by atoms with E-state index in [0.29, 0.717) is 5.54 Å². The Kier molecular flexibility index (Phi) is 4.87. The topological polar surface area (TPSA) is 15.3 Å². The normalized spacial score (nSPS) is 35.3. The first-order chi connectivity index (χ1) is 8.28. The van der Waals surface area contributed by atoms with Gasteiger partial charge in [0.2, 0.25) is 0 Å². The minimum atomic E-state index is 0.498. The fourth-order valence-electron chi connectivity index (χ4n) is 3.64. The number of hydrogen-bond donors (Lipinski definition) is 1. The highest BCUT2D eigenvalue weighted by atomic mass is 15.1. The predicted molar refractivity (Wildman–Crippen MR) is 74.3 cm³/mol. The Labute approximate surface area is 107 Å². The lowest BCUT2D eigenvalue weighted by atomic mass is 9.80. The second kappa shape index (κ2) is 6.19. The van der Waals surface area contributed by atoms with Crippen molar-refractivity contribution in [1.82, 2.24) is 10.2 Å². The highest BCUT2D eigenvalue weighted by molar-refractivity contribution is 4.91. The summed E-state index contributed by atoms with van der Waals surface area (Å²) in [7, 11) is 0. The van der Waals surface area contributed by atoms with Gasteiger partial charge in [-0.1, -0.05) is 20.3 Å². The van der Waals surface area contributed by atoms with Gasteiger partial charge in [0.05, 0.1) is 0 Å². The summed E-state index contributed by atoms with van der Waals surface area (Å²) in [6.45, 7) is 9.85. The maximum absolute atomic E-state index is 3.82. The molecule has 2 aliphatic rings. The van der Waals surface area contributed by atoms with Crippen molar-refractivity contribution in [3.8, 4) is 0 Å². The number of hydrogen-bond acceptors (Lipinski definition) is 2. The smallest absolute Gasteiger partial charge is 0.0179 e. The van der Waals surface area contributed by atoms with Crippen molar-refractivity contribution >= 4 is 0 Å². The van der Waals surface area contributed by atoms with Crippen molar-refractivity contribution in [2.45, 2.75) is 64.3 Å². The molecular weight excluding hydrogens is 208 g/mol. The lowest BCUT2D eigenvalue weighted by Crippen LogP contribution is -2.48. The number of rotatable bonds is 5. The van der Waals surface area contributed by atoms with E-state index < -0.39 is 0 Å². The fraction of sp³-hybridized carbons (Fsp3) is 1.00. The first kappa shape index (κ1) is 13.4. The monoisotopic (exact) mass is 238 g/mol. The number of likely N-dealkylation sites (tertiary alicyclic amines) is 1. The van der Waals surface area contributed by atoms with Gasteiger partial charge in [-0.05, 0) is 64.1 Å². The van der Waals surface area contributed by atoms with Gasteiger partial charge in [-0.3, -0.25) is 0 Å². The zero-order valence-corrected chi connectivity index (χ0v) is 11.8. The van der Waals surface area contributed by atoms with Crippen LogP contribution in [0.15, 0.2) is 0 Å². The first-order valence-corrected chi connectivity index (χ1v) is 7.75. The van der Waals surface area contributed by atoms with Crippen molar-refractivity contribution in [2.24, 2.45) is 5.92 Å². The minimum absolute atomic E-state index is 0.498. The molecule has 2 heterocycles. The predicted octanol–water partition coefficient (Wildman–Crippen LogP) is 3.03. The molecule has 0 aromatic heterocycles. The molecule has 2 saturated heterocycles. The summed E-state index contributed by atoms with van der Waals surface area (Å²) in [5, 5.41) is 3.82. The summed E-state index contributed by atoms with van der Waals surface area (Å²) < 4.78 is 0. The van der Waals surface area contributed by atoms with Crippen LogP contribution in [-0.2, 0) is 0 Å². The van der Waals surface area contributed by atoms with Gasteiger partial charge in [0, 0.05) is 12.1 Å². The van der Waals surface area contributed by atoms with E-state index in [9.17, 15) is 0 Å². The molecule has 2 atom stereocenters. The molecule has 0 aliphatic carbocycles. The summed E-state index contributed by atoms with van der Waals surface area (Å²) in [4.78, 5) is 2.61. The van der Waals surface area contributed by atoms with E-state index >= 15 is 0 Å². The highest BCUT2D eigenvalue weighted by Crippen LogP contribution is 2.31. The Hall–Kier alpha value is -0.0800. The minimum Gasteiger partial charge on any atom is -0.311 e. The summed E-state index contributed by atoms with van der Waals surface area (Å²) in [5.74, 6) is 0.974. The first-order valence-electron chi connectivity index (χ1n) is 7.75. The third kappa shape index (κ3) is 3.45. The molecule has 0 radical (unpaired) electrons. The molecule has 1 N–H and O–H groups in total. The molecule has 2 aliphatic heterocycles. The van der Waals surface area contributed by atoms with Crippen LogP contribution in [0.4, 0.5) is 0 Å². The van der Waals surface area contributed by atoms with Crippen LogP contribution in [0.5, 0.6) is 0 Å². The van der Waals surface area contributed by atoms with Crippen LogP contribution in [-0.4, -0.2) is 36.6 Å². The second-order valence-corrected chi connectivity index (χ2v) is 6.10. The average molecular weight is 238 g/mol. The van der Waals surface area contributed by atoms with E-state index in [4.69, 9.17) is 0 Å². The van der Waals surface area contributed by atoms with Crippen molar-refractivity contribution in [1.29, 1.82) is 0 Å². The molecule has 2 nitrogen and oxygen atoms in total. The fourth-order valence-corrected chi connectivity index (χ4v) is 3.64. The van der Waals surface area contributed by atoms with Crippen molar-refractivity contribution in [3.05, 3.63) is 0 Å². The molecule has 17 heavy (non-hydrogen) atoms. The number of piperidine rings is 1. The Morgan fingerprint density at radius 2 is 2.18 bits per heavy atom. The molecule has 0 saturated carbocycles. The van der Waals surface area contributed by atoms with Gasteiger partial charge in [0.25, 0.3) is 0 Å². The summed E-state index contributed by atoms with van der Waals surface area (Å²) in [6.07, 6.45) is 9.84. The van der Waals surface area contributed by atoms with Crippen LogP contribution in [0.25, 0.3) is 0 Å². The van der Waals surface area contributed by atoms with Gasteiger partial charge < -0.3 is 10.2 Å². The summed E-state index contributed by atoms with van der Waals surface area (Å²) in [6, 6.07) is 0. The van der Waals surface area contributed by atoms with Crippen LogP contribution in [0.1, 0.15) is 58.8 Å². The van der Waals surface area contributed by atoms with Gasteiger partial charge in [-0.2, -0.15) is 0 Å². The van der Waals surface area contributed by atoms with Crippen LogP contribution in [0.3, 0.4) is 0 Å². The van der Waals surface area contributed by atoms with Crippen molar-refractivity contribution in [3.63, 3.8) is 0 Å². The molecule has 0 amide bonds. The van der Waals surface area contributed by atoms with Gasteiger partial charge in [0.1, 0.15) is 0 Å². The van der Waals surface area contributed by atoms with Gasteiger partial charge in [0.15, 0.2) is 0 Å². The van der Waals surface area contributed by atoms with Crippen LogP contribution in [0, 0.1) is 5.92 Å². The molecule has 0 aromatic rings. The van der Waals surface area contributed by atoms with E-state index in [2.05, 4.69) is 24.1 Å². The molecule has 2 heteroatoms. The molecule has 100 valence electrons. The van der Waals surface area contributed by atoms with Gasteiger partial charge in [-0.25, -0.2) is 0 Å². The summed E-state index contributed by atoms with van der Waals surface area (Å²) in [5.41, 5.74) is 0.498. The third-order valence-corrected chi connectivity index (χ3v) is 5.11. The Balaban J connectivity index is 1.76. The maximum Gasteiger partial charge on any atom is 0.0179 e. The van der Waals surface area contributed by atoms with E-state index in [0.717, 1.165) is 5.92 Å². The van der Waals surface area contributed by atoms with Gasteiger partial charge in [-0.15, -0.1) is 0 Å². The van der Waals surface area contributed by atoms with Crippen molar-refractivity contribution in [2.75, 3.05) is 26.2 Å². The molecule has 0 spiro atoms. The van der Waals surface area contributed by atoms with E-state index in [-0.39, 0.29) is 0 Å². The van der Waals surface area contributed by atoms with Crippen LogP contribution >= 0.6 is 0 Å². The lowest BCUT2D eigenvalue weighted by molar-refractivity contribution is 0.210. The highest BCUT2D eigenvalue weighted by Gasteiger charge is 2.31. The van der Waals surface area contributed by atoms with Crippen LogP contribution in [0.2, 0.25) is 0 Å². The largest absolute Gasteiger partial charge is 0.311 e. The van der Waals surface area contributed by atoms with Crippen LogP contribution < -0.4 is 5.32 Å². The molecule has 0 bridgehead atoms. The molecule has 0 aromatic carbocycles. The molecular formula is C15H30N2. The number of nitrogens with zero attached hydrogens (tertiary/aromatic N) is 1. The quantitative estimate of drug-likeness (QED) is 0.792. The van der Waals surface area contributed by atoms with Crippen molar-refractivity contribution < 1.29 is 0 Å². The zero-order chi connectivity index (χ0) is 12.1. The Morgan fingerprint density at radius 1 is 1.29 bits per heavy atom. The Morgan fingerprint density at radius 3 is 2.76 bits per heavy atom. The Bertz CT molecular complexity index is 221.